The largest absolute Gasteiger partial charge is 0.497 e. The van der Waals surface area contributed by atoms with E-state index in [0.717, 1.165) is 0 Å². The number of hydrogen-bond donors (Lipinski definition) is 0. The van der Waals surface area contributed by atoms with Crippen molar-refractivity contribution in [3.63, 3.8) is 0 Å². The van der Waals surface area contributed by atoms with Crippen molar-refractivity contribution in [3.05, 3.63) is 47.6 Å². The fourth-order valence-corrected chi connectivity index (χ4v) is 4.22. The van der Waals surface area contributed by atoms with Gasteiger partial charge in [0.2, 0.25) is 0 Å². The number of nitrogens with zero attached hydrogens (tertiary/aromatic N) is 1. The Hall–Kier alpha value is -2.45. The first kappa shape index (κ1) is 15.1. The van der Waals surface area contributed by atoms with E-state index in [9.17, 15) is 18.0 Å². The number of amides is 2. The minimum Gasteiger partial charge on any atom is -0.497 e. The van der Waals surface area contributed by atoms with Crippen molar-refractivity contribution in [1.29, 1.82) is 0 Å². The average Bonchev–Trinajstić information content (AvgIpc) is 3.25. The van der Waals surface area contributed by atoms with Gasteiger partial charge in [0.05, 0.1) is 12.0 Å². The standard InChI is InChI=1S/C16H13NO6S/c1-22-11-4-6-12(7-5-11)24(20,21)23-17-15(18)13-9-2-3-10(8-9)14(13)16(17)19/h2-7,9-10H,8H2,1H3. The summed E-state index contributed by atoms with van der Waals surface area (Å²) < 4.78 is 34.5. The Kier molecular flexibility index (Phi) is 3.16. The van der Waals surface area contributed by atoms with E-state index < -0.39 is 21.9 Å². The molecule has 0 fully saturated rings. The Morgan fingerprint density at radius 3 is 2.04 bits per heavy atom. The average molecular weight is 347 g/mol. The minimum absolute atomic E-state index is 0.126. The lowest BCUT2D eigenvalue weighted by atomic mass is 9.99. The zero-order valence-electron chi connectivity index (χ0n) is 12.6. The summed E-state index contributed by atoms with van der Waals surface area (Å²) in [4.78, 5) is 24.6. The third-order valence-corrected chi connectivity index (χ3v) is 5.66. The van der Waals surface area contributed by atoms with Crippen LogP contribution in [0.2, 0.25) is 0 Å². The summed E-state index contributed by atoms with van der Waals surface area (Å²) in [6, 6.07) is 5.47. The van der Waals surface area contributed by atoms with Gasteiger partial charge in [0.25, 0.3) is 11.8 Å². The van der Waals surface area contributed by atoms with Crippen LogP contribution in [0.1, 0.15) is 6.42 Å². The number of allylic oxidation sites excluding steroid dienone is 2. The summed E-state index contributed by atoms with van der Waals surface area (Å²) >= 11 is 0. The van der Waals surface area contributed by atoms with Crippen LogP contribution in [-0.4, -0.2) is 32.4 Å². The number of imide groups is 1. The maximum atomic E-state index is 12.4. The van der Waals surface area contributed by atoms with Crippen molar-refractivity contribution >= 4 is 21.9 Å². The first-order valence-electron chi connectivity index (χ1n) is 7.32. The molecule has 1 aromatic carbocycles. The highest BCUT2D eigenvalue weighted by molar-refractivity contribution is 7.86. The highest BCUT2D eigenvalue weighted by atomic mass is 32.2. The van der Waals surface area contributed by atoms with Gasteiger partial charge in [0.15, 0.2) is 0 Å². The highest BCUT2D eigenvalue weighted by Crippen LogP contribution is 2.48. The van der Waals surface area contributed by atoms with Crippen LogP contribution >= 0.6 is 0 Å². The van der Waals surface area contributed by atoms with Gasteiger partial charge >= 0.3 is 10.1 Å². The van der Waals surface area contributed by atoms with E-state index in [4.69, 9.17) is 9.02 Å². The second-order valence-electron chi connectivity index (χ2n) is 5.77. The second-order valence-corrected chi connectivity index (χ2v) is 7.30. The summed E-state index contributed by atoms with van der Waals surface area (Å²) in [5.41, 5.74) is 0.717. The summed E-state index contributed by atoms with van der Waals surface area (Å²) in [5, 5.41) is 0.358. The molecule has 2 unspecified atom stereocenters. The molecule has 1 aliphatic heterocycles. The van der Waals surface area contributed by atoms with Crippen molar-refractivity contribution in [2.24, 2.45) is 11.8 Å². The van der Waals surface area contributed by atoms with Crippen molar-refractivity contribution in [2.75, 3.05) is 7.11 Å². The molecule has 24 heavy (non-hydrogen) atoms. The SMILES string of the molecule is COc1ccc(S(=O)(=O)ON2C(=O)C3=C(C2=O)C2C=CC3C2)cc1. The molecule has 7 nitrogen and oxygen atoms in total. The molecule has 4 rings (SSSR count). The maximum absolute atomic E-state index is 12.4. The van der Waals surface area contributed by atoms with Crippen LogP contribution in [0.4, 0.5) is 0 Å². The smallest absolute Gasteiger partial charge is 0.318 e. The first-order chi connectivity index (χ1) is 11.4. The number of rotatable bonds is 4. The number of ether oxygens (including phenoxy) is 1. The summed E-state index contributed by atoms with van der Waals surface area (Å²) in [7, 11) is -2.84. The van der Waals surface area contributed by atoms with Crippen LogP contribution < -0.4 is 4.74 Å². The van der Waals surface area contributed by atoms with Gasteiger partial charge in [-0.2, -0.15) is 8.42 Å². The summed E-state index contributed by atoms with van der Waals surface area (Å²) in [5.74, 6) is -1.16. The molecule has 0 saturated carbocycles. The third kappa shape index (κ3) is 2.03. The zero-order valence-corrected chi connectivity index (χ0v) is 13.4. The Morgan fingerprint density at radius 1 is 1.00 bits per heavy atom. The molecule has 3 aliphatic rings. The number of benzene rings is 1. The van der Waals surface area contributed by atoms with Crippen LogP contribution in [0, 0.1) is 11.8 Å². The zero-order chi connectivity index (χ0) is 17.1. The maximum Gasteiger partial charge on any atom is 0.318 e. The monoisotopic (exact) mass is 347 g/mol. The van der Waals surface area contributed by atoms with Crippen molar-refractivity contribution < 1.29 is 27.0 Å². The van der Waals surface area contributed by atoms with Gasteiger partial charge in [-0.05, 0) is 30.7 Å². The molecular formula is C16H13NO6S. The molecule has 0 N–H and O–H groups in total. The van der Waals surface area contributed by atoms with E-state index in [0.29, 0.717) is 28.4 Å². The first-order valence-corrected chi connectivity index (χ1v) is 8.73. The molecular weight excluding hydrogens is 334 g/mol. The van der Waals surface area contributed by atoms with E-state index in [-0.39, 0.29) is 16.7 Å². The van der Waals surface area contributed by atoms with Crippen molar-refractivity contribution in [2.45, 2.75) is 11.3 Å². The Bertz CT molecular complexity index is 878. The molecule has 2 atom stereocenters. The molecule has 2 aliphatic carbocycles. The molecule has 1 heterocycles. The fraction of sp³-hybridized carbons (Fsp3) is 0.250. The van der Waals surface area contributed by atoms with Crippen LogP contribution in [0.5, 0.6) is 5.75 Å². The van der Waals surface area contributed by atoms with Gasteiger partial charge in [-0.15, -0.1) is 9.35 Å². The van der Waals surface area contributed by atoms with Gasteiger partial charge in [-0.3, -0.25) is 9.59 Å². The topological polar surface area (TPSA) is 90.0 Å². The molecule has 2 amide bonds. The van der Waals surface area contributed by atoms with Gasteiger partial charge in [0.1, 0.15) is 5.75 Å². The fourth-order valence-electron chi connectivity index (χ4n) is 3.34. The molecule has 0 radical (unpaired) electrons. The Labute approximate surface area is 138 Å². The quantitative estimate of drug-likeness (QED) is 0.600. The summed E-state index contributed by atoms with van der Waals surface area (Å²) in [6.45, 7) is 0. The lowest BCUT2D eigenvalue weighted by molar-refractivity contribution is -0.163. The van der Waals surface area contributed by atoms with Crippen molar-refractivity contribution in [1.82, 2.24) is 5.06 Å². The van der Waals surface area contributed by atoms with E-state index in [1.54, 1.807) is 0 Å². The lowest BCUT2D eigenvalue weighted by Crippen LogP contribution is -2.36. The molecule has 2 bridgehead atoms. The predicted molar refractivity (Wildman–Crippen MR) is 80.9 cm³/mol. The van der Waals surface area contributed by atoms with Crippen LogP contribution in [0.25, 0.3) is 0 Å². The molecule has 1 aromatic rings. The van der Waals surface area contributed by atoms with E-state index in [2.05, 4.69) is 0 Å². The molecule has 0 spiro atoms. The second kappa shape index (κ2) is 5.02. The number of carbonyl (C=O) groups excluding carboxylic acids is 2. The van der Waals surface area contributed by atoms with Crippen LogP contribution in [0.3, 0.4) is 0 Å². The number of methoxy groups -OCH3 is 1. The van der Waals surface area contributed by atoms with Crippen LogP contribution in [-0.2, 0) is 24.0 Å². The molecule has 0 saturated heterocycles. The molecule has 0 aromatic heterocycles. The van der Waals surface area contributed by atoms with E-state index in [1.807, 2.05) is 12.2 Å². The summed E-state index contributed by atoms with van der Waals surface area (Å²) in [6.07, 6.45) is 4.44. The highest BCUT2D eigenvalue weighted by Gasteiger charge is 2.52. The third-order valence-electron chi connectivity index (χ3n) is 4.47. The minimum atomic E-state index is -4.30. The van der Waals surface area contributed by atoms with Gasteiger partial charge in [-0.25, -0.2) is 0 Å². The lowest BCUT2D eigenvalue weighted by Gasteiger charge is -2.16. The van der Waals surface area contributed by atoms with Gasteiger partial charge in [0, 0.05) is 23.0 Å². The van der Waals surface area contributed by atoms with Crippen molar-refractivity contribution in [3.8, 4) is 5.75 Å². The predicted octanol–water partition coefficient (Wildman–Crippen LogP) is 1.19. The van der Waals surface area contributed by atoms with Gasteiger partial charge in [-0.1, -0.05) is 12.2 Å². The normalized spacial score (nSPS) is 25.0. The number of hydrogen-bond acceptors (Lipinski definition) is 6. The number of hydroxylamine groups is 2. The van der Waals surface area contributed by atoms with Gasteiger partial charge < -0.3 is 4.74 Å². The van der Waals surface area contributed by atoms with E-state index in [1.165, 1.54) is 31.4 Å². The Balaban J connectivity index is 1.60. The Morgan fingerprint density at radius 2 is 1.54 bits per heavy atom. The number of carbonyl (C=O) groups is 2. The molecule has 124 valence electrons. The molecule has 8 heteroatoms. The number of fused-ring (bicyclic) bond motifs is 4. The van der Waals surface area contributed by atoms with E-state index >= 15 is 0 Å². The van der Waals surface area contributed by atoms with Crippen LogP contribution in [0.15, 0.2) is 52.5 Å².